The molecule has 3 aromatic heterocycles. The summed E-state index contributed by atoms with van der Waals surface area (Å²) in [6.07, 6.45) is 3.70. The van der Waals surface area contributed by atoms with Crippen LogP contribution in [0.2, 0.25) is 0 Å². The number of pyridine rings is 2. The Labute approximate surface area is 317 Å². The molecule has 0 unspecified atom stereocenters. The molecule has 0 aliphatic rings. The molecule has 256 valence electrons. The van der Waals surface area contributed by atoms with Gasteiger partial charge in [-0.2, -0.15) is 0 Å². The van der Waals surface area contributed by atoms with Crippen LogP contribution >= 0.6 is 0 Å². The molecule has 0 bridgehead atoms. The number of nitrogens with zero attached hydrogens (tertiary/aromatic N) is 3. The molecule has 0 aliphatic heterocycles. The van der Waals surface area contributed by atoms with Gasteiger partial charge in [0.1, 0.15) is 5.52 Å². The van der Waals surface area contributed by atoms with Crippen LogP contribution in [-0.2, 0) is 0 Å². The lowest BCUT2D eigenvalue weighted by molar-refractivity contribution is 0.620. The van der Waals surface area contributed by atoms with Crippen LogP contribution in [0.4, 0.5) is 0 Å². The highest BCUT2D eigenvalue weighted by atomic mass is 16.3. The van der Waals surface area contributed by atoms with Crippen LogP contribution in [0.5, 0.6) is 0 Å². The summed E-state index contributed by atoms with van der Waals surface area (Å²) in [4.78, 5) is 14.4. The van der Waals surface area contributed by atoms with Crippen molar-refractivity contribution >= 4 is 54.5 Å². The van der Waals surface area contributed by atoms with Crippen molar-refractivity contribution in [1.82, 2.24) is 15.0 Å². The minimum Gasteiger partial charge on any atom is -0.436 e. The van der Waals surface area contributed by atoms with Crippen molar-refractivity contribution in [1.29, 1.82) is 0 Å². The summed E-state index contributed by atoms with van der Waals surface area (Å²) >= 11 is 0. The van der Waals surface area contributed by atoms with Gasteiger partial charge in [0.25, 0.3) is 0 Å². The van der Waals surface area contributed by atoms with Crippen molar-refractivity contribution < 1.29 is 4.42 Å². The second-order valence-corrected chi connectivity index (χ2v) is 14.0. The molecule has 0 aliphatic carbocycles. The highest BCUT2D eigenvalue weighted by Gasteiger charge is 2.19. The quantitative estimate of drug-likeness (QED) is 0.132. The van der Waals surface area contributed by atoms with Crippen molar-refractivity contribution in [2.24, 2.45) is 0 Å². The molecule has 0 fully saturated rings. The van der Waals surface area contributed by atoms with E-state index in [0.717, 1.165) is 66.3 Å². The molecule has 0 radical (unpaired) electrons. The van der Waals surface area contributed by atoms with E-state index in [9.17, 15) is 0 Å². The van der Waals surface area contributed by atoms with Crippen molar-refractivity contribution in [3.8, 4) is 56.0 Å². The van der Waals surface area contributed by atoms with Crippen LogP contribution in [0.3, 0.4) is 0 Å². The molecule has 11 aromatic rings. The minimum absolute atomic E-state index is 0.613. The molecule has 0 saturated heterocycles. The molecule has 11 rings (SSSR count). The predicted octanol–water partition coefficient (Wildman–Crippen LogP) is 13.6. The van der Waals surface area contributed by atoms with Gasteiger partial charge < -0.3 is 4.42 Å². The number of hydrogen-bond donors (Lipinski definition) is 0. The number of hydrogen-bond acceptors (Lipinski definition) is 4. The maximum atomic E-state index is 6.13. The van der Waals surface area contributed by atoms with Crippen LogP contribution in [0.15, 0.2) is 193 Å². The van der Waals surface area contributed by atoms with Gasteiger partial charge in [0, 0.05) is 28.7 Å². The van der Waals surface area contributed by atoms with E-state index < -0.39 is 0 Å². The van der Waals surface area contributed by atoms with Crippen molar-refractivity contribution in [2.45, 2.75) is 0 Å². The Hall–Kier alpha value is -7.43. The lowest BCUT2D eigenvalue weighted by Crippen LogP contribution is -1.93. The number of rotatable bonds is 5. The summed E-state index contributed by atoms with van der Waals surface area (Å²) in [5.41, 5.74) is 13.6. The fraction of sp³-hybridized carbons (Fsp3) is 0. The maximum Gasteiger partial charge on any atom is 0.227 e. The Morgan fingerprint density at radius 3 is 1.65 bits per heavy atom. The molecule has 4 nitrogen and oxygen atoms in total. The smallest absolute Gasteiger partial charge is 0.227 e. The summed E-state index contributed by atoms with van der Waals surface area (Å²) in [5, 5.41) is 7.00. The van der Waals surface area contributed by atoms with E-state index in [1.807, 2.05) is 48.8 Å². The number of aromatic nitrogens is 3. The molecule has 0 atom stereocenters. The normalized spacial score (nSPS) is 11.6. The Bertz CT molecular complexity index is 3170. The van der Waals surface area contributed by atoms with Crippen LogP contribution in [-0.4, -0.2) is 15.0 Å². The van der Waals surface area contributed by atoms with Crippen LogP contribution in [0.1, 0.15) is 0 Å². The van der Waals surface area contributed by atoms with Gasteiger partial charge in [-0.3, -0.25) is 9.97 Å². The third-order valence-electron chi connectivity index (χ3n) is 10.7. The van der Waals surface area contributed by atoms with Crippen LogP contribution < -0.4 is 0 Å². The van der Waals surface area contributed by atoms with Crippen molar-refractivity contribution in [3.63, 3.8) is 0 Å². The van der Waals surface area contributed by atoms with Gasteiger partial charge in [-0.25, -0.2) is 4.98 Å². The van der Waals surface area contributed by atoms with Crippen LogP contribution in [0.25, 0.3) is 110 Å². The van der Waals surface area contributed by atoms with Crippen molar-refractivity contribution in [3.05, 3.63) is 188 Å². The molecule has 0 saturated carbocycles. The van der Waals surface area contributed by atoms with Gasteiger partial charge in [0.2, 0.25) is 5.89 Å². The molecular weight excluding hydrogens is 671 g/mol. The zero-order valence-corrected chi connectivity index (χ0v) is 29.6. The Kier molecular flexibility index (Phi) is 7.14. The van der Waals surface area contributed by atoms with E-state index in [2.05, 4.69) is 140 Å². The van der Waals surface area contributed by atoms with Crippen molar-refractivity contribution in [2.75, 3.05) is 0 Å². The molecule has 4 heteroatoms. The molecule has 0 N–H and O–H groups in total. The number of fused-ring (bicyclic) bond motifs is 6. The van der Waals surface area contributed by atoms with Crippen LogP contribution in [0, 0.1) is 0 Å². The second kappa shape index (κ2) is 12.6. The Balaban J connectivity index is 1.19. The lowest BCUT2D eigenvalue weighted by Gasteiger charge is -2.19. The SMILES string of the molecule is c1ccc(-c2c3ccccc3c(-c3cc(-c4ccc(-c5nc6ccccc6o5)cc4)cc(-c4cc5cccnc5c5ncccc45)c3)c3ccccc23)cc1. The lowest BCUT2D eigenvalue weighted by atomic mass is 9.84. The van der Waals surface area contributed by atoms with Gasteiger partial charge >= 0.3 is 0 Å². The fourth-order valence-electron chi connectivity index (χ4n) is 8.27. The van der Waals surface area contributed by atoms with E-state index >= 15 is 0 Å². The second-order valence-electron chi connectivity index (χ2n) is 14.0. The van der Waals surface area contributed by atoms with Gasteiger partial charge in [-0.05, 0) is 127 Å². The average Bonchev–Trinajstić information content (AvgIpc) is 3.70. The third kappa shape index (κ3) is 5.19. The van der Waals surface area contributed by atoms with E-state index in [4.69, 9.17) is 19.4 Å². The first-order chi connectivity index (χ1) is 27.3. The molecule has 0 amide bonds. The van der Waals surface area contributed by atoms with E-state index in [-0.39, 0.29) is 0 Å². The van der Waals surface area contributed by atoms with E-state index in [1.54, 1.807) is 0 Å². The van der Waals surface area contributed by atoms with E-state index in [1.165, 1.54) is 38.2 Å². The van der Waals surface area contributed by atoms with Gasteiger partial charge in [0.05, 0.1) is 11.0 Å². The van der Waals surface area contributed by atoms with Gasteiger partial charge in [-0.1, -0.05) is 115 Å². The standard InChI is InChI=1S/C51H31N3O/c1-2-12-33(13-3-1)47-39-15-4-6-17-41(39)48(42-18-7-5-16-40(42)47)38-29-36(32-22-24-34(25-23-32)51-54-45-20-8-9-21-46(45)55-51)28-37(30-38)44-31-35-14-10-26-52-49(35)50-43(44)19-11-27-53-50/h1-31H. The molecule has 0 spiro atoms. The third-order valence-corrected chi connectivity index (χ3v) is 10.7. The monoisotopic (exact) mass is 701 g/mol. The topological polar surface area (TPSA) is 51.8 Å². The predicted molar refractivity (Wildman–Crippen MR) is 227 cm³/mol. The fourth-order valence-corrected chi connectivity index (χ4v) is 8.27. The largest absolute Gasteiger partial charge is 0.436 e. The zero-order valence-electron chi connectivity index (χ0n) is 29.6. The van der Waals surface area contributed by atoms with Gasteiger partial charge in [-0.15, -0.1) is 0 Å². The molecular formula is C51H31N3O. The minimum atomic E-state index is 0.613. The number of oxazole rings is 1. The first-order valence-electron chi connectivity index (χ1n) is 18.5. The molecule has 8 aromatic carbocycles. The first kappa shape index (κ1) is 31.1. The number of benzene rings is 8. The summed E-state index contributed by atoms with van der Waals surface area (Å²) in [5.74, 6) is 0.613. The summed E-state index contributed by atoms with van der Waals surface area (Å²) in [7, 11) is 0. The van der Waals surface area contributed by atoms with Gasteiger partial charge in [0.15, 0.2) is 5.58 Å². The zero-order chi connectivity index (χ0) is 36.3. The number of para-hydroxylation sites is 2. The maximum absolute atomic E-state index is 6.13. The highest BCUT2D eigenvalue weighted by molar-refractivity contribution is 6.22. The highest BCUT2D eigenvalue weighted by Crippen LogP contribution is 2.46. The Morgan fingerprint density at radius 1 is 0.364 bits per heavy atom. The molecule has 3 heterocycles. The first-order valence-corrected chi connectivity index (χ1v) is 18.5. The Morgan fingerprint density at radius 2 is 0.927 bits per heavy atom. The average molecular weight is 702 g/mol. The summed E-state index contributed by atoms with van der Waals surface area (Å²) in [6, 6.07) is 62.4. The summed E-state index contributed by atoms with van der Waals surface area (Å²) in [6.45, 7) is 0. The summed E-state index contributed by atoms with van der Waals surface area (Å²) < 4.78 is 6.13. The molecule has 55 heavy (non-hydrogen) atoms. The van der Waals surface area contributed by atoms with E-state index in [0.29, 0.717) is 5.89 Å².